The van der Waals surface area contributed by atoms with E-state index in [-0.39, 0.29) is 24.6 Å². The smallest absolute Gasteiger partial charge is 0.270 e. The summed E-state index contributed by atoms with van der Waals surface area (Å²) in [4.78, 5) is 9.12. The van der Waals surface area contributed by atoms with Gasteiger partial charge in [-0.1, -0.05) is 42.5 Å². The first-order valence-corrected chi connectivity index (χ1v) is 11.7. The summed E-state index contributed by atoms with van der Waals surface area (Å²) in [6, 6.07) is 17.8. The van der Waals surface area contributed by atoms with E-state index in [2.05, 4.69) is 20.2 Å². The highest BCUT2D eigenvalue weighted by molar-refractivity contribution is 7.89. The number of anilines is 1. The molecule has 168 valence electrons. The second-order valence-corrected chi connectivity index (χ2v) is 9.36. The molecule has 2 aromatic heterocycles. The van der Waals surface area contributed by atoms with Gasteiger partial charge in [0.05, 0.1) is 16.8 Å². The van der Waals surface area contributed by atoms with E-state index in [9.17, 15) is 8.42 Å². The third kappa shape index (κ3) is 4.13. The summed E-state index contributed by atoms with van der Waals surface area (Å²) in [5.41, 5.74) is 8.59. The molecule has 0 unspecified atom stereocenters. The molecule has 0 bridgehead atoms. The van der Waals surface area contributed by atoms with Crippen molar-refractivity contribution in [2.24, 2.45) is 0 Å². The molecule has 4 aromatic rings. The Balaban J connectivity index is 0.00000274. The molecule has 5 rings (SSSR count). The highest BCUT2D eigenvalue weighted by Gasteiger charge is 2.27. The van der Waals surface area contributed by atoms with Gasteiger partial charge < -0.3 is 10.2 Å². The van der Waals surface area contributed by atoms with E-state index in [0.29, 0.717) is 30.2 Å². The Labute approximate surface area is 192 Å². The van der Waals surface area contributed by atoms with Crippen molar-refractivity contribution in [3.8, 4) is 23.0 Å². The van der Waals surface area contributed by atoms with Gasteiger partial charge in [0.25, 0.3) is 5.89 Å². The maximum Gasteiger partial charge on any atom is 0.270 e. The number of rotatable bonds is 5. The van der Waals surface area contributed by atoms with Gasteiger partial charge in [0, 0.05) is 20.1 Å². The zero-order chi connectivity index (χ0) is 22.8. The van der Waals surface area contributed by atoms with Gasteiger partial charge in [0.15, 0.2) is 11.5 Å². The van der Waals surface area contributed by atoms with E-state index in [4.69, 9.17) is 10.2 Å². The van der Waals surface area contributed by atoms with Crippen molar-refractivity contribution in [3.05, 3.63) is 78.6 Å². The molecule has 0 saturated carbocycles. The lowest BCUT2D eigenvalue weighted by Crippen LogP contribution is -2.34. The summed E-state index contributed by atoms with van der Waals surface area (Å²) in [5.74, 6) is 0.702. The van der Waals surface area contributed by atoms with Crippen molar-refractivity contribution in [3.63, 3.8) is 0 Å². The molecule has 3 heterocycles. The first-order valence-electron chi connectivity index (χ1n) is 10.3. The van der Waals surface area contributed by atoms with Gasteiger partial charge in [0.1, 0.15) is 0 Å². The molecule has 33 heavy (non-hydrogen) atoms. The van der Waals surface area contributed by atoms with Crippen LogP contribution in [0, 0.1) is 0 Å². The minimum absolute atomic E-state index is 0. The highest BCUT2D eigenvalue weighted by Crippen LogP contribution is 2.29. The molecular formula is C23H22N6O3S. The summed E-state index contributed by atoms with van der Waals surface area (Å²) in [7, 11) is -3.55. The second-order valence-electron chi connectivity index (χ2n) is 7.42. The minimum Gasteiger partial charge on any atom is -0.414 e. The van der Waals surface area contributed by atoms with Crippen LogP contribution in [-0.4, -0.2) is 46.0 Å². The van der Waals surface area contributed by atoms with Crippen LogP contribution in [-0.2, 0) is 10.0 Å². The van der Waals surface area contributed by atoms with Crippen LogP contribution >= 0.6 is 0 Å². The average molecular weight is 463 g/mol. The Morgan fingerprint density at radius 2 is 1.67 bits per heavy atom. The zero-order valence-corrected chi connectivity index (χ0v) is 18.3. The first kappa shape index (κ1) is 21.0. The van der Waals surface area contributed by atoms with Gasteiger partial charge in [-0.25, -0.2) is 18.4 Å². The van der Waals surface area contributed by atoms with E-state index in [0.717, 1.165) is 11.1 Å². The normalized spacial score (nSPS) is 14.7. The fourth-order valence-electron chi connectivity index (χ4n) is 3.57. The predicted octanol–water partition coefficient (Wildman–Crippen LogP) is 3.50. The van der Waals surface area contributed by atoms with Gasteiger partial charge in [-0.3, -0.25) is 0 Å². The predicted molar refractivity (Wildman–Crippen MR) is 125 cm³/mol. The van der Waals surface area contributed by atoms with Gasteiger partial charge in [-0.05, 0) is 36.3 Å². The molecule has 0 aliphatic carbocycles. The maximum atomic E-state index is 12.9. The molecule has 0 saturated heterocycles. The van der Waals surface area contributed by atoms with Gasteiger partial charge in [-0.15, -0.1) is 10.2 Å². The van der Waals surface area contributed by atoms with Crippen LogP contribution in [0.5, 0.6) is 0 Å². The molecule has 10 heteroatoms. The van der Waals surface area contributed by atoms with Crippen LogP contribution in [0.1, 0.15) is 13.5 Å². The van der Waals surface area contributed by atoms with Crippen LogP contribution in [0.25, 0.3) is 28.6 Å². The lowest BCUT2D eigenvalue weighted by Gasteiger charge is -2.25. The third-order valence-electron chi connectivity index (χ3n) is 5.33. The van der Waals surface area contributed by atoms with E-state index in [1.165, 1.54) is 4.31 Å². The summed E-state index contributed by atoms with van der Waals surface area (Å²) in [6.45, 7) is 0.579. The molecule has 9 nitrogen and oxygen atoms in total. The van der Waals surface area contributed by atoms with Crippen LogP contribution in [0.3, 0.4) is 0 Å². The molecule has 0 atom stereocenters. The Hall–Kier alpha value is -3.89. The van der Waals surface area contributed by atoms with Crippen molar-refractivity contribution in [2.75, 3.05) is 18.8 Å². The van der Waals surface area contributed by atoms with Crippen LogP contribution in [0.4, 0.5) is 5.82 Å². The Kier molecular flexibility index (Phi) is 5.45. The monoisotopic (exact) mass is 462 g/mol. The highest BCUT2D eigenvalue weighted by atomic mass is 32.2. The molecular weight excluding hydrogens is 440 g/mol. The summed E-state index contributed by atoms with van der Waals surface area (Å²) < 4.78 is 32.9. The molecule has 2 N–H and O–H groups in total. The van der Waals surface area contributed by atoms with Crippen molar-refractivity contribution >= 4 is 21.4 Å². The van der Waals surface area contributed by atoms with Crippen LogP contribution < -0.4 is 5.73 Å². The number of benzene rings is 2. The van der Waals surface area contributed by atoms with E-state index >= 15 is 0 Å². The lowest BCUT2D eigenvalue weighted by molar-refractivity contribution is 0.441. The molecule has 0 spiro atoms. The quantitative estimate of drug-likeness (QED) is 0.477. The van der Waals surface area contributed by atoms with Crippen molar-refractivity contribution < 1.29 is 14.3 Å². The average Bonchev–Trinajstić information content (AvgIpc) is 3.36. The molecule has 1 aliphatic heterocycles. The Morgan fingerprint density at radius 1 is 0.970 bits per heavy atom. The van der Waals surface area contributed by atoms with Crippen LogP contribution in [0.15, 0.2) is 82.2 Å². The third-order valence-corrected chi connectivity index (χ3v) is 7.21. The molecule has 2 aromatic carbocycles. The van der Waals surface area contributed by atoms with Gasteiger partial charge in [0.2, 0.25) is 15.9 Å². The molecule has 0 fully saturated rings. The number of nitrogens with two attached hydrogens (primary N) is 1. The van der Waals surface area contributed by atoms with Crippen molar-refractivity contribution in [2.45, 2.75) is 11.3 Å². The number of hydrogen-bond acceptors (Lipinski definition) is 8. The largest absolute Gasteiger partial charge is 0.414 e. The maximum absolute atomic E-state index is 12.9. The molecule has 1 aliphatic rings. The number of nitrogens with zero attached hydrogens (tertiary/aromatic N) is 5. The summed E-state index contributed by atoms with van der Waals surface area (Å²) in [5, 5.41) is 8.17. The standard InChI is InChI=1S/C23H20N6O3S.H2/c24-21-20(23-28-27-22(32-23)17-7-3-1-4-8-17)26-19(15-25-21)16-11-13-29(14-12-16)33(30,31)18-9-5-2-6-10-18;/h1-11,15H,12-14H2,(H2,24,25);1H. The zero-order valence-electron chi connectivity index (χ0n) is 17.5. The summed E-state index contributed by atoms with van der Waals surface area (Å²) in [6.07, 6.45) is 3.90. The SMILES string of the molecule is Nc1ncc(C2=CCN(S(=O)(=O)c3ccccc3)CC2)nc1-c1nnc(-c2ccccc2)o1.[HH]. The lowest BCUT2D eigenvalue weighted by atomic mass is 10.1. The molecule has 0 radical (unpaired) electrons. The van der Waals surface area contributed by atoms with Gasteiger partial charge in [-0.2, -0.15) is 4.31 Å². The minimum atomic E-state index is -3.55. The fraction of sp³-hybridized carbons (Fsp3) is 0.130. The van der Waals surface area contributed by atoms with Crippen LogP contribution in [0.2, 0.25) is 0 Å². The first-order chi connectivity index (χ1) is 16.0. The van der Waals surface area contributed by atoms with E-state index < -0.39 is 10.0 Å². The van der Waals surface area contributed by atoms with E-state index in [1.807, 2.05) is 36.4 Å². The number of hydrogen-bond donors (Lipinski definition) is 1. The second kappa shape index (κ2) is 8.57. The Morgan fingerprint density at radius 3 is 2.36 bits per heavy atom. The van der Waals surface area contributed by atoms with Gasteiger partial charge >= 0.3 is 0 Å². The Bertz CT molecular complexity index is 1430. The van der Waals surface area contributed by atoms with Crippen molar-refractivity contribution in [1.29, 1.82) is 0 Å². The number of nitrogen functional groups attached to an aromatic ring is 1. The van der Waals surface area contributed by atoms with E-state index in [1.54, 1.807) is 36.5 Å². The summed E-state index contributed by atoms with van der Waals surface area (Å²) >= 11 is 0. The number of sulfonamides is 1. The number of aromatic nitrogens is 4. The van der Waals surface area contributed by atoms with Crippen molar-refractivity contribution in [1.82, 2.24) is 24.5 Å². The topological polar surface area (TPSA) is 128 Å². The fourth-order valence-corrected chi connectivity index (χ4v) is 4.97. The molecule has 0 amide bonds.